The van der Waals surface area contributed by atoms with Crippen LogP contribution in [0, 0.1) is 19.8 Å². The van der Waals surface area contributed by atoms with Gasteiger partial charge in [0.1, 0.15) is 5.76 Å². The summed E-state index contributed by atoms with van der Waals surface area (Å²) in [6, 6.07) is 0.0968. The highest BCUT2D eigenvalue weighted by atomic mass is 16.5. The number of carbonyl (C=O) groups excluding carboxylic acids is 1. The molecule has 5 nitrogen and oxygen atoms in total. The Kier molecular flexibility index (Phi) is 4.90. The molecular formula is C13H22N2O3. The fourth-order valence-electron chi connectivity index (χ4n) is 2.12. The summed E-state index contributed by atoms with van der Waals surface area (Å²) in [5, 5.41) is 7.31. The Morgan fingerprint density at radius 1 is 1.33 bits per heavy atom. The van der Waals surface area contributed by atoms with E-state index in [2.05, 4.69) is 10.5 Å². The van der Waals surface area contributed by atoms with Gasteiger partial charge in [0.05, 0.1) is 18.7 Å². The standard InChI is InChI=1S/C13H22N2O3/c1-7(13(16)17-6)8(2)14-9(3)12-10(4)15-18-11(12)5/h7-9,14H,1-6H3. The molecule has 3 atom stereocenters. The Labute approximate surface area is 108 Å². The van der Waals surface area contributed by atoms with Gasteiger partial charge in [0.25, 0.3) is 0 Å². The molecule has 1 rings (SSSR count). The number of methoxy groups -OCH3 is 1. The predicted molar refractivity (Wildman–Crippen MR) is 68.2 cm³/mol. The lowest BCUT2D eigenvalue weighted by Gasteiger charge is -2.23. The van der Waals surface area contributed by atoms with Crippen LogP contribution in [0.1, 0.15) is 43.8 Å². The van der Waals surface area contributed by atoms with Gasteiger partial charge in [-0.05, 0) is 27.7 Å². The average Bonchev–Trinajstić information content (AvgIpc) is 2.66. The molecule has 0 amide bonds. The van der Waals surface area contributed by atoms with Gasteiger partial charge < -0.3 is 14.6 Å². The number of esters is 1. The SMILES string of the molecule is COC(=O)C(C)C(C)NC(C)c1c(C)noc1C. The first kappa shape index (κ1) is 14.7. The molecule has 1 heterocycles. The van der Waals surface area contributed by atoms with Gasteiger partial charge in [0.2, 0.25) is 0 Å². The van der Waals surface area contributed by atoms with E-state index in [1.165, 1.54) is 7.11 Å². The maximum Gasteiger partial charge on any atom is 0.309 e. The van der Waals surface area contributed by atoms with Crippen molar-refractivity contribution < 1.29 is 14.1 Å². The minimum Gasteiger partial charge on any atom is -0.469 e. The minimum absolute atomic E-state index is 0.0150. The summed E-state index contributed by atoms with van der Waals surface area (Å²) < 4.78 is 9.89. The molecule has 0 aliphatic rings. The van der Waals surface area contributed by atoms with Crippen molar-refractivity contribution in [3.8, 4) is 0 Å². The zero-order chi connectivity index (χ0) is 13.9. The van der Waals surface area contributed by atoms with E-state index in [0.717, 1.165) is 17.0 Å². The first-order valence-corrected chi connectivity index (χ1v) is 6.15. The number of carbonyl (C=O) groups is 1. The summed E-state index contributed by atoms with van der Waals surface area (Å²) in [6.07, 6.45) is 0. The van der Waals surface area contributed by atoms with Gasteiger partial charge in [-0.2, -0.15) is 0 Å². The van der Waals surface area contributed by atoms with Crippen LogP contribution in [0.5, 0.6) is 0 Å². The molecule has 1 aromatic rings. The fraction of sp³-hybridized carbons (Fsp3) is 0.692. The van der Waals surface area contributed by atoms with Crippen molar-refractivity contribution in [1.82, 2.24) is 10.5 Å². The summed E-state index contributed by atoms with van der Waals surface area (Å²) in [4.78, 5) is 11.5. The monoisotopic (exact) mass is 254 g/mol. The summed E-state index contributed by atoms with van der Waals surface area (Å²) in [5.74, 6) is 0.407. The van der Waals surface area contributed by atoms with Gasteiger partial charge in [-0.25, -0.2) is 0 Å². The summed E-state index contributed by atoms with van der Waals surface area (Å²) in [5.41, 5.74) is 1.93. The highest BCUT2D eigenvalue weighted by Crippen LogP contribution is 2.22. The molecule has 18 heavy (non-hydrogen) atoms. The van der Waals surface area contributed by atoms with Crippen molar-refractivity contribution in [3.63, 3.8) is 0 Å². The molecule has 3 unspecified atom stereocenters. The lowest BCUT2D eigenvalue weighted by Crippen LogP contribution is -2.38. The third-order valence-corrected chi connectivity index (χ3v) is 3.36. The van der Waals surface area contributed by atoms with Crippen LogP contribution >= 0.6 is 0 Å². The Morgan fingerprint density at radius 2 is 1.94 bits per heavy atom. The predicted octanol–water partition coefficient (Wildman–Crippen LogP) is 2.14. The lowest BCUT2D eigenvalue weighted by molar-refractivity contribution is -0.145. The van der Waals surface area contributed by atoms with Crippen LogP contribution in [0.15, 0.2) is 4.52 Å². The fourth-order valence-corrected chi connectivity index (χ4v) is 2.12. The van der Waals surface area contributed by atoms with E-state index in [-0.39, 0.29) is 24.0 Å². The first-order valence-electron chi connectivity index (χ1n) is 6.15. The molecule has 1 aromatic heterocycles. The van der Waals surface area contributed by atoms with E-state index < -0.39 is 0 Å². The second-order valence-corrected chi connectivity index (χ2v) is 4.73. The Balaban J connectivity index is 2.71. The number of nitrogens with zero attached hydrogens (tertiary/aromatic N) is 1. The molecule has 5 heteroatoms. The molecule has 0 saturated heterocycles. The first-order chi connectivity index (χ1) is 8.38. The zero-order valence-electron chi connectivity index (χ0n) is 11.9. The highest BCUT2D eigenvalue weighted by molar-refractivity contribution is 5.72. The van der Waals surface area contributed by atoms with Gasteiger partial charge in [-0.3, -0.25) is 4.79 Å². The Hall–Kier alpha value is -1.36. The van der Waals surface area contributed by atoms with Crippen LogP contribution in [0.4, 0.5) is 0 Å². The van der Waals surface area contributed by atoms with E-state index in [0.29, 0.717) is 0 Å². The normalized spacial score (nSPS) is 16.1. The van der Waals surface area contributed by atoms with Crippen LogP contribution < -0.4 is 5.32 Å². The average molecular weight is 254 g/mol. The third kappa shape index (κ3) is 3.10. The molecule has 0 aliphatic carbocycles. The van der Waals surface area contributed by atoms with Crippen molar-refractivity contribution in [2.75, 3.05) is 7.11 Å². The molecule has 0 saturated carbocycles. The second-order valence-electron chi connectivity index (χ2n) is 4.73. The van der Waals surface area contributed by atoms with Crippen LogP contribution in [0.2, 0.25) is 0 Å². The number of aromatic nitrogens is 1. The number of nitrogens with one attached hydrogen (secondary N) is 1. The smallest absolute Gasteiger partial charge is 0.309 e. The lowest BCUT2D eigenvalue weighted by atomic mass is 10.0. The van der Waals surface area contributed by atoms with Crippen molar-refractivity contribution >= 4 is 5.97 Å². The number of hydrogen-bond acceptors (Lipinski definition) is 5. The molecule has 0 bridgehead atoms. The number of hydrogen-bond donors (Lipinski definition) is 1. The van der Waals surface area contributed by atoms with Gasteiger partial charge in [0, 0.05) is 17.6 Å². The number of aryl methyl sites for hydroxylation is 2. The van der Waals surface area contributed by atoms with Gasteiger partial charge >= 0.3 is 5.97 Å². The van der Waals surface area contributed by atoms with E-state index in [9.17, 15) is 4.79 Å². The second kappa shape index (κ2) is 6.00. The minimum atomic E-state index is -0.207. The summed E-state index contributed by atoms with van der Waals surface area (Å²) >= 11 is 0. The Bertz CT molecular complexity index is 395. The van der Waals surface area contributed by atoms with Gasteiger partial charge in [-0.15, -0.1) is 0 Å². The van der Waals surface area contributed by atoms with Crippen LogP contribution in [-0.4, -0.2) is 24.3 Å². The molecule has 1 N–H and O–H groups in total. The maximum atomic E-state index is 11.5. The van der Waals surface area contributed by atoms with Crippen LogP contribution in [0.25, 0.3) is 0 Å². The molecule has 102 valence electrons. The molecule has 0 aliphatic heterocycles. The molecule has 0 aromatic carbocycles. The van der Waals surface area contributed by atoms with Crippen molar-refractivity contribution in [1.29, 1.82) is 0 Å². The largest absolute Gasteiger partial charge is 0.469 e. The Morgan fingerprint density at radius 3 is 2.39 bits per heavy atom. The zero-order valence-corrected chi connectivity index (χ0v) is 11.9. The van der Waals surface area contributed by atoms with Crippen LogP contribution in [0.3, 0.4) is 0 Å². The van der Waals surface area contributed by atoms with Crippen LogP contribution in [-0.2, 0) is 9.53 Å². The van der Waals surface area contributed by atoms with E-state index in [4.69, 9.17) is 9.26 Å². The highest BCUT2D eigenvalue weighted by Gasteiger charge is 2.24. The topological polar surface area (TPSA) is 64.4 Å². The summed E-state index contributed by atoms with van der Waals surface area (Å²) in [7, 11) is 1.41. The maximum absolute atomic E-state index is 11.5. The van der Waals surface area contributed by atoms with Gasteiger partial charge in [0.15, 0.2) is 0 Å². The van der Waals surface area contributed by atoms with E-state index >= 15 is 0 Å². The molecule has 0 spiro atoms. The number of ether oxygens (including phenoxy) is 1. The van der Waals surface area contributed by atoms with E-state index in [1.807, 2.05) is 34.6 Å². The van der Waals surface area contributed by atoms with E-state index in [1.54, 1.807) is 0 Å². The molecule has 0 radical (unpaired) electrons. The van der Waals surface area contributed by atoms with Gasteiger partial charge in [-0.1, -0.05) is 12.1 Å². The molecule has 0 fully saturated rings. The number of rotatable bonds is 5. The van der Waals surface area contributed by atoms with Crippen molar-refractivity contribution in [3.05, 3.63) is 17.0 Å². The summed E-state index contributed by atoms with van der Waals surface area (Å²) in [6.45, 7) is 9.66. The third-order valence-electron chi connectivity index (χ3n) is 3.36. The van der Waals surface area contributed by atoms with Crippen molar-refractivity contribution in [2.45, 2.75) is 46.7 Å². The molecular weight excluding hydrogens is 232 g/mol. The van der Waals surface area contributed by atoms with Crippen molar-refractivity contribution in [2.24, 2.45) is 5.92 Å². The quantitative estimate of drug-likeness (QED) is 0.815.